The number of piperidine rings is 1. The van der Waals surface area contributed by atoms with Gasteiger partial charge in [-0.2, -0.15) is 0 Å². The van der Waals surface area contributed by atoms with Crippen molar-refractivity contribution in [1.82, 2.24) is 5.32 Å². The number of hydrogen-bond donors (Lipinski definition) is 2. The summed E-state index contributed by atoms with van der Waals surface area (Å²) in [5, 5.41) is 10.3. The topological polar surface area (TPSA) is 49.3 Å². The van der Waals surface area contributed by atoms with Gasteiger partial charge >= 0.3 is 0 Å². The van der Waals surface area contributed by atoms with Gasteiger partial charge in [0.15, 0.2) is 0 Å². The van der Waals surface area contributed by atoms with Gasteiger partial charge in [0.1, 0.15) is 0 Å². The van der Waals surface area contributed by atoms with E-state index in [1.807, 2.05) is 0 Å². The maximum absolute atomic E-state index is 8.36. The quantitative estimate of drug-likeness (QED) is 0.520. The van der Waals surface area contributed by atoms with E-state index in [1.54, 1.807) is 0 Å². The molecule has 66 valence electrons. The summed E-state index contributed by atoms with van der Waals surface area (Å²) in [6.45, 7) is 5.53. The van der Waals surface area contributed by atoms with Crippen molar-refractivity contribution in [3.05, 3.63) is 0 Å². The zero-order valence-electron chi connectivity index (χ0n) is 7.21. The first-order valence-electron chi connectivity index (χ1n) is 4.02. The number of nitrogens with one attached hydrogen (secondary N) is 1. The van der Waals surface area contributed by atoms with E-state index in [0.29, 0.717) is 0 Å². The third kappa shape index (κ3) is 5.85. The lowest BCUT2D eigenvalue weighted by atomic mass is 9.98. The van der Waals surface area contributed by atoms with Crippen LogP contribution in [0.25, 0.3) is 0 Å². The highest BCUT2D eigenvalue weighted by atomic mass is 16.3. The Kier molecular flexibility index (Phi) is 5.84. The molecule has 0 aromatic rings. The minimum Gasteiger partial charge on any atom is -0.483 e. The molecule has 2 unspecified atom stereocenters. The Hall–Kier alpha value is -0.570. The summed E-state index contributed by atoms with van der Waals surface area (Å²) in [7, 11) is 0. The van der Waals surface area contributed by atoms with Gasteiger partial charge in [-0.15, -0.1) is 0 Å². The molecule has 0 aromatic carbocycles. The fraction of sp³-hybridized carbons (Fsp3) is 0.875. The van der Waals surface area contributed by atoms with Crippen LogP contribution in [-0.2, 0) is 4.79 Å². The van der Waals surface area contributed by atoms with Crippen LogP contribution >= 0.6 is 0 Å². The smallest absolute Gasteiger partial charge is 0.290 e. The first-order valence-corrected chi connectivity index (χ1v) is 4.02. The summed E-state index contributed by atoms with van der Waals surface area (Å²) in [6.07, 6.45) is 2.77. The molecular formula is C8H17NO2. The zero-order valence-corrected chi connectivity index (χ0v) is 7.21. The van der Waals surface area contributed by atoms with Gasteiger partial charge in [0.25, 0.3) is 6.47 Å². The zero-order chi connectivity index (χ0) is 8.69. The highest BCUT2D eigenvalue weighted by molar-refractivity contribution is 5.32. The van der Waals surface area contributed by atoms with Crippen LogP contribution in [0, 0.1) is 5.92 Å². The Bertz CT molecular complexity index is 88.3. The molecule has 0 radical (unpaired) electrons. The molecule has 2 N–H and O–H groups in total. The molecule has 1 rings (SSSR count). The van der Waals surface area contributed by atoms with Crippen molar-refractivity contribution in [2.24, 2.45) is 5.92 Å². The highest BCUT2D eigenvalue weighted by Crippen LogP contribution is 2.11. The van der Waals surface area contributed by atoms with Gasteiger partial charge in [0.2, 0.25) is 0 Å². The normalized spacial score (nSPS) is 30.0. The molecule has 0 aromatic heterocycles. The second-order valence-electron chi connectivity index (χ2n) is 3.10. The van der Waals surface area contributed by atoms with Crippen LogP contribution in [0.5, 0.6) is 0 Å². The second-order valence-corrected chi connectivity index (χ2v) is 3.10. The molecule has 3 nitrogen and oxygen atoms in total. The molecule has 1 heterocycles. The maximum atomic E-state index is 8.36. The monoisotopic (exact) mass is 159 g/mol. The Labute approximate surface area is 67.8 Å². The van der Waals surface area contributed by atoms with E-state index in [9.17, 15) is 0 Å². The fourth-order valence-corrected chi connectivity index (χ4v) is 1.14. The van der Waals surface area contributed by atoms with Crippen molar-refractivity contribution in [3.8, 4) is 0 Å². The fourth-order valence-electron chi connectivity index (χ4n) is 1.14. The molecule has 1 aliphatic heterocycles. The standard InChI is InChI=1S/C7H15N.CH2O2/c1-6-3-4-7(2)8-5-6;2-1-3/h6-8H,3-5H2,1-2H3;1H,(H,2,3). The van der Waals surface area contributed by atoms with Crippen LogP contribution in [0.3, 0.4) is 0 Å². The van der Waals surface area contributed by atoms with Crippen molar-refractivity contribution in [2.45, 2.75) is 32.7 Å². The first-order chi connectivity index (χ1) is 5.20. The Morgan fingerprint density at radius 2 is 2.00 bits per heavy atom. The molecule has 11 heavy (non-hydrogen) atoms. The number of hydrogen-bond acceptors (Lipinski definition) is 2. The number of carboxylic acid groups (broad SMARTS) is 1. The predicted molar refractivity (Wildman–Crippen MR) is 44.6 cm³/mol. The molecule has 1 fully saturated rings. The largest absolute Gasteiger partial charge is 0.483 e. The SMILES string of the molecule is CC1CCC(C)NC1.O=CO. The van der Waals surface area contributed by atoms with Crippen molar-refractivity contribution >= 4 is 6.47 Å². The van der Waals surface area contributed by atoms with Gasteiger partial charge < -0.3 is 10.4 Å². The average Bonchev–Trinajstić information content (AvgIpc) is 1.97. The number of rotatable bonds is 0. The Balaban J connectivity index is 0.000000292. The molecule has 1 saturated heterocycles. The van der Waals surface area contributed by atoms with Crippen LogP contribution in [0.2, 0.25) is 0 Å². The van der Waals surface area contributed by atoms with Crippen LogP contribution in [0.15, 0.2) is 0 Å². The third-order valence-electron chi connectivity index (χ3n) is 1.91. The van der Waals surface area contributed by atoms with Crippen LogP contribution in [0.4, 0.5) is 0 Å². The van der Waals surface area contributed by atoms with Crippen molar-refractivity contribution in [2.75, 3.05) is 6.54 Å². The molecule has 0 amide bonds. The lowest BCUT2D eigenvalue weighted by molar-refractivity contribution is -0.122. The van der Waals surface area contributed by atoms with E-state index in [2.05, 4.69) is 19.2 Å². The van der Waals surface area contributed by atoms with Gasteiger partial charge in [-0.25, -0.2) is 0 Å². The Morgan fingerprint density at radius 3 is 2.27 bits per heavy atom. The molecule has 2 atom stereocenters. The summed E-state index contributed by atoms with van der Waals surface area (Å²) in [6, 6.07) is 0.770. The molecule has 0 bridgehead atoms. The molecule has 0 aliphatic carbocycles. The van der Waals surface area contributed by atoms with E-state index < -0.39 is 0 Å². The summed E-state index contributed by atoms with van der Waals surface area (Å²) >= 11 is 0. The second kappa shape index (κ2) is 6.16. The third-order valence-corrected chi connectivity index (χ3v) is 1.91. The van der Waals surface area contributed by atoms with E-state index in [-0.39, 0.29) is 6.47 Å². The van der Waals surface area contributed by atoms with Crippen molar-refractivity contribution in [1.29, 1.82) is 0 Å². The van der Waals surface area contributed by atoms with Gasteiger partial charge in [-0.3, -0.25) is 4.79 Å². The summed E-state index contributed by atoms with van der Waals surface area (Å²) in [5.41, 5.74) is 0. The molecule has 3 heteroatoms. The van der Waals surface area contributed by atoms with Crippen molar-refractivity contribution in [3.63, 3.8) is 0 Å². The summed E-state index contributed by atoms with van der Waals surface area (Å²) in [4.78, 5) is 8.36. The first kappa shape index (κ1) is 10.4. The summed E-state index contributed by atoms with van der Waals surface area (Å²) in [5.74, 6) is 0.909. The number of carbonyl (C=O) groups is 1. The van der Waals surface area contributed by atoms with Crippen LogP contribution in [0.1, 0.15) is 26.7 Å². The van der Waals surface area contributed by atoms with Gasteiger partial charge in [0, 0.05) is 6.04 Å². The molecule has 1 aliphatic rings. The van der Waals surface area contributed by atoms with Crippen LogP contribution in [-0.4, -0.2) is 24.2 Å². The van der Waals surface area contributed by atoms with E-state index in [1.165, 1.54) is 19.4 Å². The molecule has 0 saturated carbocycles. The highest BCUT2D eigenvalue weighted by Gasteiger charge is 2.11. The van der Waals surface area contributed by atoms with Crippen LogP contribution < -0.4 is 5.32 Å². The Morgan fingerprint density at radius 1 is 1.45 bits per heavy atom. The molecule has 0 spiro atoms. The van der Waals surface area contributed by atoms with E-state index in [0.717, 1.165) is 12.0 Å². The lowest BCUT2D eigenvalue weighted by Crippen LogP contribution is -2.35. The predicted octanol–water partition coefficient (Wildman–Crippen LogP) is 1.10. The maximum Gasteiger partial charge on any atom is 0.290 e. The minimum atomic E-state index is -0.250. The molecular weight excluding hydrogens is 142 g/mol. The van der Waals surface area contributed by atoms with Crippen molar-refractivity contribution < 1.29 is 9.90 Å². The average molecular weight is 159 g/mol. The van der Waals surface area contributed by atoms with E-state index in [4.69, 9.17) is 9.90 Å². The van der Waals surface area contributed by atoms with Gasteiger partial charge in [-0.05, 0) is 32.2 Å². The minimum absolute atomic E-state index is 0.250. The van der Waals surface area contributed by atoms with Gasteiger partial charge in [-0.1, -0.05) is 6.92 Å². The lowest BCUT2D eigenvalue weighted by Gasteiger charge is -2.24. The summed E-state index contributed by atoms with van der Waals surface area (Å²) < 4.78 is 0. The van der Waals surface area contributed by atoms with Gasteiger partial charge in [0.05, 0.1) is 0 Å². The van der Waals surface area contributed by atoms with E-state index >= 15 is 0 Å².